The quantitative estimate of drug-likeness (QED) is 0.400. The molecule has 0 radical (unpaired) electrons. The second-order valence-electron chi connectivity index (χ2n) is 4.75. The number of halogens is 1. The van der Waals surface area contributed by atoms with Gasteiger partial charge in [-0.2, -0.15) is 0 Å². The van der Waals surface area contributed by atoms with Crippen molar-refractivity contribution in [2.75, 3.05) is 18.5 Å². The van der Waals surface area contributed by atoms with Gasteiger partial charge in [0.25, 0.3) is 0 Å². The monoisotopic (exact) mass is 342 g/mol. The molecule has 0 saturated heterocycles. The molecule has 0 saturated carbocycles. The summed E-state index contributed by atoms with van der Waals surface area (Å²) in [6, 6.07) is 5.42. The third-order valence-corrected chi connectivity index (χ3v) is 3.64. The van der Waals surface area contributed by atoms with Crippen molar-refractivity contribution in [3.05, 3.63) is 29.3 Å². The Bertz CT molecular complexity index is 418. The van der Waals surface area contributed by atoms with Crippen LogP contribution < -0.4 is 4.74 Å². The van der Waals surface area contributed by atoms with Crippen molar-refractivity contribution in [1.29, 1.82) is 0 Å². The molecule has 1 N–H and O–H groups in total. The number of hydrogen-bond acceptors (Lipinski definition) is 3. The van der Waals surface area contributed by atoms with Crippen LogP contribution in [0.2, 0.25) is 0 Å². The predicted octanol–water partition coefficient (Wildman–Crippen LogP) is 3.76. The van der Waals surface area contributed by atoms with E-state index in [1.165, 1.54) is 0 Å². The van der Waals surface area contributed by atoms with Crippen molar-refractivity contribution in [3.63, 3.8) is 0 Å². The zero-order chi connectivity index (χ0) is 14.8. The van der Waals surface area contributed by atoms with Gasteiger partial charge < -0.3 is 9.84 Å². The lowest BCUT2D eigenvalue weighted by Gasteiger charge is -2.12. The summed E-state index contributed by atoms with van der Waals surface area (Å²) in [6.07, 6.45) is 5.22. The zero-order valence-electron chi connectivity index (χ0n) is 12.0. The summed E-state index contributed by atoms with van der Waals surface area (Å²) >= 11 is 3.41. The molecule has 0 atom stereocenters. The number of aliphatic hydroxyl groups is 1. The van der Waals surface area contributed by atoms with Gasteiger partial charge in [-0.1, -0.05) is 29.3 Å². The third-order valence-electron chi connectivity index (χ3n) is 3.08. The summed E-state index contributed by atoms with van der Waals surface area (Å²) in [5, 5.41) is 9.95. The first-order valence-electron chi connectivity index (χ1n) is 7.18. The molecule has 0 aliphatic rings. The maximum Gasteiger partial charge on any atom is 0.188 e. The molecule has 0 aromatic heterocycles. The molecule has 0 unspecified atom stereocenters. The van der Waals surface area contributed by atoms with Gasteiger partial charge in [0.1, 0.15) is 12.4 Å². The van der Waals surface area contributed by atoms with Gasteiger partial charge in [0.2, 0.25) is 0 Å². The highest BCUT2D eigenvalue weighted by molar-refractivity contribution is 9.09. The van der Waals surface area contributed by atoms with E-state index in [2.05, 4.69) is 22.9 Å². The number of benzene rings is 1. The molecule has 0 aliphatic heterocycles. The number of carbonyl (C=O) groups excluding carboxylic acids is 1. The Morgan fingerprint density at radius 2 is 2.10 bits per heavy atom. The van der Waals surface area contributed by atoms with Crippen molar-refractivity contribution < 1.29 is 14.6 Å². The van der Waals surface area contributed by atoms with Crippen LogP contribution >= 0.6 is 15.9 Å². The molecule has 112 valence electrons. The summed E-state index contributed by atoms with van der Waals surface area (Å²) in [5.74, 6) is 0.617. The number of alkyl halides is 1. The number of Topliss-reactive ketones (excluding diaryl/α,β-unsaturated/α-hetero) is 1. The maximum atomic E-state index is 11.5. The van der Waals surface area contributed by atoms with Gasteiger partial charge in [-0.05, 0) is 49.4 Å². The Balaban J connectivity index is 2.66. The fourth-order valence-electron chi connectivity index (χ4n) is 2.01. The van der Waals surface area contributed by atoms with E-state index in [4.69, 9.17) is 9.84 Å². The average molecular weight is 343 g/mol. The Morgan fingerprint density at radius 1 is 1.30 bits per heavy atom. The lowest BCUT2D eigenvalue weighted by molar-refractivity contribution is 0.0903. The van der Waals surface area contributed by atoms with Crippen LogP contribution in [0.4, 0.5) is 0 Å². The summed E-state index contributed by atoms with van der Waals surface area (Å²) in [4.78, 5) is 11.5. The highest BCUT2D eigenvalue weighted by Gasteiger charge is 2.09. The SMILES string of the molecule is CCCc1cc(C(=O)CO)ccc1OCCCCCBr. The topological polar surface area (TPSA) is 46.5 Å². The smallest absolute Gasteiger partial charge is 0.188 e. The van der Waals surface area contributed by atoms with E-state index in [0.717, 1.165) is 48.7 Å². The molecule has 0 fully saturated rings. The number of ether oxygens (including phenoxy) is 1. The molecule has 0 amide bonds. The minimum atomic E-state index is -0.446. The van der Waals surface area contributed by atoms with Gasteiger partial charge in [-0.25, -0.2) is 0 Å². The normalized spacial score (nSPS) is 10.6. The molecule has 1 rings (SSSR count). The first-order valence-corrected chi connectivity index (χ1v) is 8.30. The summed E-state index contributed by atoms with van der Waals surface area (Å²) in [7, 11) is 0. The van der Waals surface area contributed by atoms with E-state index in [1.54, 1.807) is 6.07 Å². The van der Waals surface area contributed by atoms with Crippen LogP contribution in [0.1, 0.15) is 48.5 Å². The molecule has 20 heavy (non-hydrogen) atoms. The van der Waals surface area contributed by atoms with Gasteiger partial charge in [0, 0.05) is 10.9 Å². The predicted molar refractivity (Wildman–Crippen MR) is 85.0 cm³/mol. The Morgan fingerprint density at radius 3 is 2.75 bits per heavy atom. The Labute approximate surface area is 129 Å². The fourth-order valence-corrected chi connectivity index (χ4v) is 2.40. The second kappa shape index (κ2) is 9.94. The minimum absolute atomic E-state index is 0.244. The molecule has 0 aliphatic carbocycles. The molecule has 1 aromatic carbocycles. The standard InChI is InChI=1S/C16H23BrO3/c1-2-6-14-11-13(15(19)12-18)7-8-16(14)20-10-5-3-4-9-17/h7-8,11,18H,2-6,9-10,12H2,1H3. The largest absolute Gasteiger partial charge is 0.493 e. The summed E-state index contributed by atoms with van der Waals surface area (Å²) in [6.45, 7) is 2.36. The van der Waals surface area contributed by atoms with E-state index in [9.17, 15) is 4.79 Å². The minimum Gasteiger partial charge on any atom is -0.493 e. The van der Waals surface area contributed by atoms with Crippen molar-refractivity contribution >= 4 is 21.7 Å². The lowest BCUT2D eigenvalue weighted by atomic mass is 10.0. The van der Waals surface area contributed by atoms with Crippen molar-refractivity contribution in [1.82, 2.24) is 0 Å². The van der Waals surface area contributed by atoms with Crippen molar-refractivity contribution in [2.45, 2.75) is 39.0 Å². The molecule has 1 aromatic rings. The number of unbranched alkanes of at least 4 members (excludes halogenated alkanes) is 2. The van der Waals surface area contributed by atoms with Gasteiger partial charge in [0.05, 0.1) is 6.61 Å². The second-order valence-corrected chi connectivity index (χ2v) is 5.54. The molecular formula is C16H23BrO3. The first kappa shape index (κ1) is 17.2. The van der Waals surface area contributed by atoms with Crippen LogP contribution in [0.25, 0.3) is 0 Å². The number of rotatable bonds is 10. The third kappa shape index (κ3) is 5.63. The lowest BCUT2D eigenvalue weighted by Crippen LogP contribution is -2.06. The van der Waals surface area contributed by atoms with E-state index < -0.39 is 6.61 Å². The molecule has 0 heterocycles. The van der Waals surface area contributed by atoms with Gasteiger partial charge in [-0.3, -0.25) is 4.79 Å². The van der Waals surface area contributed by atoms with E-state index in [-0.39, 0.29) is 5.78 Å². The number of hydrogen-bond donors (Lipinski definition) is 1. The van der Waals surface area contributed by atoms with Crippen LogP contribution in [0.3, 0.4) is 0 Å². The first-order chi connectivity index (χ1) is 9.72. The van der Waals surface area contributed by atoms with E-state index in [1.807, 2.05) is 12.1 Å². The highest BCUT2D eigenvalue weighted by Crippen LogP contribution is 2.22. The molecule has 3 nitrogen and oxygen atoms in total. The molecule has 0 spiro atoms. The van der Waals surface area contributed by atoms with Crippen molar-refractivity contribution in [2.24, 2.45) is 0 Å². The number of carbonyl (C=O) groups is 1. The van der Waals surface area contributed by atoms with Crippen LogP contribution in [-0.2, 0) is 6.42 Å². The highest BCUT2D eigenvalue weighted by atomic mass is 79.9. The average Bonchev–Trinajstić information content (AvgIpc) is 2.47. The van der Waals surface area contributed by atoms with Crippen LogP contribution in [0, 0.1) is 0 Å². The van der Waals surface area contributed by atoms with E-state index >= 15 is 0 Å². The van der Waals surface area contributed by atoms with Gasteiger partial charge >= 0.3 is 0 Å². The fraction of sp³-hybridized carbons (Fsp3) is 0.562. The van der Waals surface area contributed by atoms with Crippen LogP contribution in [0.15, 0.2) is 18.2 Å². The Hall–Kier alpha value is -0.870. The van der Waals surface area contributed by atoms with Crippen molar-refractivity contribution in [3.8, 4) is 5.75 Å². The van der Waals surface area contributed by atoms with Crippen LogP contribution in [-0.4, -0.2) is 29.4 Å². The number of aliphatic hydroxyl groups excluding tert-OH is 1. The Kier molecular flexibility index (Phi) is 8.54. The number of ketones is 1. The molecule has 4 heteroatoms. The number of aryl methyl sites for hydroxylation is 1. The van der Waals surface area contributed by atoms with Gasteiger partial charge in [0.15, 0.2) is 5.78 Å². The van der Waals surface area contributed by atoms with Gasteiger partial charge in [-0.15, -0.1) is 0 Å². The molecular weight excluding hydrogens is 320 g/mol. The maximum absolute atomic E-state index is 11.5. The van der Waals surface area contributed by atoms with Crippen LogP contribution in [0.5, 0.6) is 5.75 Å². The molecule has 0 bridgehead atoms. The van der Waals surface area contributed by atoms with E-state index in [0.29, 0.717) is 12.2 Å². The summed E-state index contributed by atoms with van der Waals surface area (Å²) in [5.41, 5.74) is 1.61. The summed E-state index contributed by atoms with van der Waals surface area (Å²) < 4.78 is 5.82. The zero-order valence-corrected chi connectivity index (χ0v) is 13.6.